The standard InChI is InChI=1S/C14H18ClF2N/c1-13(2,3)14(7-4-8-18-14)11-9(15)5-6-10(16)12(11)17/h5-6,18H,4,7-8H2,1-3H3. The molecule has 0 amide bonds. The molecule has 0 spiro atoms. The van der Waals surface area contributed by atoms with Crippen LogP contribution in [0.5, 0.6) is 0 Å². The van der Waals surface area contributed by atoms with Crippen molar-refractivity contribution in [2.75, 3.05) is 6.54 Å². The van der Waals surface area contributed by atoms with Crippen molar-refractivity contribution in [2.45, 2.75) is 39.2 Å². The summed E-state index contributed by atoms with van der Waals surface area (Å²) in [5.74, 6) is -1.67. The van der Waals surface area contributed by atoms with E-state index in [1.807, 2.05) is 20.8 Å². The summed E-state index contributed by atoms with van der Waals surface area (Å²) in [5, 5.41) is 3.63. The lowest BCUT2D eigenvalue weighted by atomic mass is 9.68. The van der Waals surface area contributed by atoms with Crippen LogP contribution >= 0.6 is 11.6 Å². The number of rotatable bonds is 1. The molecule has 1 unspecified atom stereocenters. The molecule has 18 heavy (non-hydrogen) atoms. The van der Waals surface area contributed by atoms with E-state index in [9.17, 15) is 8.78 Å². The Bertz CT molecular complexity index is 460. The Labute approximate surface area is 112 Å². The number of halogens is 3. The van der Waals surface area contributed by atoms with Crippen LogP contribution in [0.2, 0.25) is 5.02 Å². The van der Waals surface area contributed by atoms with Gasteiger partial charge in [0.15, 0.2) is 11.6 Å². The SMILES string of the molecule is CC(C)(C)C1(c2c(Cl)ccc(F)c2F)CCCN1. The van der Waals surface area contributed by atoms with Gasteiger partial charge in [0.2, 0.25) is 0 Å². The zero-order valence-electron chi connectivity index (χ0n) is 10.9. The molecule has 1 heterocycles. The molecule has 1 aromatic rings. The fraction of sp³-hybridized carbons (Fsp3) is 0.571. The summed E-state index contributed by atoms with van der Waals surface area (Å²) in [6, 6.07) is 2.51. The van der Waals surface area contributed by atoms with Crippen molar-refractivity contribution in [3.8, 4) is 0 Å². The molecular formula is C14H18ClF2N. The van der Waals surface area contributed by atoms with Gasteiger partial charge in [-0.3, -0.25) is 0 Å². The van der Waals surface area contributed by atoms with Crippen LogP contribution in [-0.4, -0.2) is 6.54 Å². The second-order valence-electron chi connectivity index (χ2n) is 5.90. The van der Waals surface area contributed by atoms with E-state index in [0.717, 1.165) is 25.5 Å². The second-order valence-corrected chi connectivity index (χ2v) is 6.31. The molecule has 1 fully saturated rings. The van der Waals surface area contributed by atoms with Gasteiger partial charge >= 0.3 is 0 Å². The summed E-state index contributed by atoms with van der Waals surface area (Å²) in [7, 11) is 0. The monoisotopic (exact) mass is 273 g/mol. The maximum Gasteiger partial charge on any atom is 0.165 e. The van der Waals surface area contributed by atoms with E-state index < -0.39 is 17.2 Å². The van der Waals surface area contributed by atoms with Crippen molar-refractivity contribution < 1.29 is 8.78 Å². The maximum absolute atomic E-state index is 14.2. The highest BCUT2D eigenvalue weighted by Crippen LogP contribution is 2.48. The molecule has 1 N–H and O–H groups in total. The summed E-state index contributed by atoms with van der Waals surface area (Å²) in [5.41, 5.74) is -0.577. The number of benzene rings is 1. The predicted octanol–water partition coefficient (Wildman–Crippen LogP) is 4.24. The van der Waals surface area contributed by atoms with Gasteiger partial charge in [-0.15, -0.1) is 0 Å². The Kier molecular flexibility index (Phi) is 3.41. The molecule has 1 atom stereocenters. The molecule has 0 bridgehead atoms. The molecule has 100 valence electrons. The van der Waals surface area contributed by atoms with Crippen molar-refractivity contribution in [2.24, 2.45) is 5.41 Å². The fourth-order valence-corrected chi connectivity index (χ4v) is 3.20. The topological polar surface area (TPSA) is 12.0 Å². The van der Waals surface area contributed by atoms with Crippen LogP contribution in [0.3, 0.4) is 0 Å². The molecule has 1 saturated heterocycles. The van der Waals surface area contributed by atoms with Crippen LogP contribution in [0.1, 0.15) is 39.2 Å². The van der Waals surface area contributed by atoms with E-state index in [0.29, 0.717) is 5.02 Å². The van der Waals surface area contributed by atoms with E-state index in [4.69, 9.17) is 11.6 Å². The molecular weight excluding hydrogens is 256 g/mol. The van der Waals surface area contributed by atoms with Crippen LogP contribution in [0.15, 0.2) is 12.1 Å². The van der Waals surface area contributed by atoms with Gasteiger partial charge in [0.1, 0.15) is 0 Å². The second kappa shape index (κ2) is 4.46. The molecule has 4 heteroatoms. The first-order valence-corrected chi connectivity index (χ1v) is 6.56. The third-order valence-electron chi connectivity index (χ3n) is 3.91. The highest BCUT2D eigenvalue weighted by atomic mass is 35.5. The Balaban J connectivity index is 2.68. The maximum atomic E-state index is 14.2. The van der Waals surface area contributed by atoms with E-state index in [-0.39, 0.29) is 11.0 Å². The van der Waals surface area contributed by atoms with Crippen LogP contribution in [0, 0.1) is 17.0 Å². The zero-order chi connectivity index (χ0) is 13.6. The first-order chi connectivity index (χ1) is 8.29. The van der Waals surface area contributed by atoms with E-state index in [2.05, 4.69) is 5.32 Å². The van der Waals surface area contributed by atoms with E-state index in [1.165, 1.54) is 6.07 Å². The minimum Gasteiger partial charge on any atom is -0.307 e. The molecule has 0 radical (unpaired) electrons. The van der Waals surface area contributed by atoms with Gasteiger partial charge in [0, 0.05) is 10.6 Å². The number of hydrogen-bond acceptors (Lipinski definition) is 1. The molecule has 2 rings (SSSR count). The first-order valence-electron chi connectivity index (χ1n) is 6.18. The Hall–Kier alpha value is -0.670. The van der Waals surface area contributed by atoms with Crippen molar-refractivity contribution in [1.82, 2.24) is 5.32 Å². The molecule has 1 aliphatic rings. The van der Waals surface area contributed by atoms with Crippen molar-refractivity contribution in [1.29, 1.82) is 0 Å². The average molecular weight is 274 g/mol. The van der Waals surface area contributed by atoms with Crippen LogP contribution in [-0.2, 0) is 5.54 Å². The lowest BCUT2D eigenvalue weighted by molar-refractivity contribution is 0.154. The minimum atomic E-state index is -0.841. The lowest BCUT2D eigenvalue weighted by Gasteiger charge is -2.43. The van der Waals surface area contributed by atoms with E-state index >= 15 is 0 Å². The predicted molar refractivity (Wildman–Crippen MR) is 69.7 cm³/mol. The normalized spacial score (nSPS) is 24.6. The van der Waals surface area contributed by atoms with Gasteiger partial charge in [-0.2, -0.15) is 0 Å². The fourth-order valence-electron chi connectivity index (χ4n) is 2.89. The number of nitrogens with one attached hydrogen (secondary N) is 1. The quantitative estimate of drug-likeness (QED) is 0.755. The van der Waals surface area contributed by atoms with Crippen LogP contribution < -0.4 is 5.32 Å². The molecule has 1 aromatic carbocycles. The average Bonchev–Trinajstić information content (AvgIpc) is 2.74. The third kappa shape index (κ3) is 1.94. The van der Waals surface area contributed by atoms with Crippen LogP contribution in [0.4, 0.5) is 8.78 Å². The number of hydrogen-bond donors (Lipinski definition) is 1. The Morgan fingerprint density at radius 2 is 1.94 bits per heavy atom. The van der Waals surface area contributed by atoms with Gasteiger partial charge in [-0.25, -0.2) is 8.78 Å². The molecule has 0 aliphatic carbocycles. The van der Waals surface area contributed by atoms with Crippen molar-refractivity contribution in [3.05, 3.63) is 34.4 Å². The van der Waals surface area contributed by atoms with Gasteiger partial charge in [0.05, 0.1) is 5.54 Å². The van der Waals surface area contributed by atoms with Gasteiger partial charge in [0.25, 0.3) is 0 Å². The largest absolute Gasteiger partial charge is 0.307 e. The van der Waals surface area contributed by atoms with Gasteiger partial charge in [-0.1, -0.05) is 32.4 Å². The van der Waals surface area contributed by atoms with Crippen LogP contribution in [0.25, 0.3) is 0 Å². The lowest BCUT2D eigenvalue weighted by Crippen LogP contribution is -2.49. The van der Waals surface area contributed by atoms with Crippen molar-refractivity contribution >= 4 is 11.6 Å². The highest BCUT2D eigenvalue weighted by Gasteiger charge is 2.48. The van der Waals surface area contributed by atoms with Gasteiger partial charge in [-0.05, 0) is 36.9 Å². The smallest absolute Gasteiger partial charge is 0.165 e. The Morgan fingerprint density at radius 1 is 1.28 bits per heavy atom. The summed E-state index contributed by atoms with van der Waals surface area (Å²) < 4.78 is 27.7. The Morgan fingerprint density at radius 3 is 2.44 bits per heavy atom. The molecule has 0 saturated carbocycles. The first kappa shape index (κ1) is 13.8. The summed E-state index contributed by atoms with van der Waals surface area (Å²) >= 11 is 6.13. The molecule has 0 aromatic heterocycles. The highest BCUT2D eigenvalue weighted by molar-refractivity contribution is 6.31. The summed E-state index contributed by atoms with van der Waals surface area (Å²) in [4.78, 5) is 0. The van der Waals surface area contributed by atoms with Gasteiger partial charge < -0.3 is 5.32 Å². The molecule has 1 aliphatic heterocycles. The molecule has 1 nitrogen and oxygen atoms in total. The minimum absolute atomic E-state index is 0.248. The van der Waals surface area contributed by atoms with Crippen molar-refractivity contribution in [3.63, 3.8) is 0 Å². The summed E-state index contributed by atoms with van der Waals surface area (Å²) in [6.45, 7) is 6.85. The zero-order valence-corrected chi connectivity index (χ0v) is 11.7. The van der Waals surface area contributed by atoms with E-state index in [1.54, 1.807) is 0 Å². The summed E-state index contributed by atoms with van der Waals surface area (Å²) in [6.07, 6.45) is 1.69. The third-order valence-corrected chi connectivity index (χ3v) is 4.22.